The first-order valence-corrected chi connectivity index (χ1v) is 11.1. The van der Waals surface area contributed by atoms with Crippen LogP contribution < -0.4 is 0 Å². The number of rotatable bonds is 7. The van der Waals surface area contributed by atoms with Crippen molar-refractivity contribution in [1.82, 2.24) is 0 Å². The van der Waals surface area contributed by atoms with Crippen molar-refractivity contribution in [2.75, 3.05) is 30.1 Å². The van der Waals surface area contributed by atoms with E-state index in [2.05, 4.69) is 4.52 Å². The van der Waals surface area contributed by atoms with Crippen LogP contribution in [0.4, 0.5) is 0 Å². The summed E-state index contributed by atoms with van der Waals surface area (Å²) in [5.41, 5.74) is 0. The van der Waals surface area contributed by atoms with Crippen LogP contribution in [0.3, 0.4) is 0 Å². The molecule has 0 amide bonds. The van der Waals surface area contributed by atoms with E-state index in [9.17, 15) is 21.4 Å². The highest BCUT2D eigenvalue weighted by atomic mass is 32.2. The average molecular weight is 350 g/mol. The highest BCUT2D eigenvalue weighted by molar-refractivity contribution is 7.91. The third kappa shape index (κ3) is 4.78. The third-order valence-electron chi connectivity index (χ3n) is 2.88. The minimum Gasteiger partial charge on any atom is -0.290 e. The van der Waals surface area contributed by atoms with E-state index in [1.807, 2.05) is 0 Å². The molecule has 11 heteroatoms. The number of phosphoric acid groups is 1. The maximum absolute atomic E-state index is 11.9. The van der Waals surface area contributed by atoms with E-state index in [0.29, 0.717) is 0 Å². The molecule has 1 aliphatic rings. The summed E-state index contributed by atoms with van der Waals surface area (Å²) in [5, 5.41) is 0. The average Bonchev–Trinajstić information content (AvgIpc) is 2.65. The smallest absolute Gasteiger partial charge is 0.290 e. The summed E-state index contributed by atoms with van der Waals surface area (Å²) in [6, 6.07) is 0. The van der Waals surface area contributed by atoms with E-state index in [4.69, 9.17) is 9.05 Å². The Balaban J connectivity index is 2.96. The lowest BCUT2D eigenvalue weighted by Crippen LogP contribution is -2.36. The van der Waals surface area contributed by atoms with Crippen LogP contribution in [0.25, 0.3) is 0 Å². The number of sulfone groups is 2. The molecule has 2 unspecified atom stereocenters. The summed E-state index contributed by atoms with van der Waals surface area (Å²) in [7, 11) is -9.67. The van der Waals surface area contributed by atoms with Gasteiger partial charge in [-0.1, -0.05) is 13.8 Å². The summed E-state index contributed by atoms with van der Waals surface area (Å²) in [4.78, 5) is 0. The zero-order chi connectivity index (χ0) is 15.6. The molecule has 0 aliphatic carbocycles. The molecule has 1 rings (SSSR count). The minimum absolute atomic E-state index is 0.128. The maximum atomic E-state index is 11.9. The van der Waals surface area contributed by atoms with Crippen molar-refractivity contribution < 1.29 is 35.0 Å². The molecule has 2 atom stereocenters. The normalized spacial score (nSPS) is 31.6. The Hall–Kier alpha value is 0.01000. The highest BCUT2D eigenvalue weighted by Gasteiger charge is 2.48. The fourth-order valence-electron chi connectivity index (χ4n) is 1.59. The van der Waals surface area contributed by atoms with Gasteiger partial charge in [-0.05, 0) is 0 Å². The molecule has 1 saturated heterocycles. The minimum atomic E-state index is -3.89. The van der Waals surface area contributed by atoms with Gasteiger partial charge in [0.1, 0.15) is 12.2 Å². The first kappa shape index (κ1) is 18.1. The Labute approximate surface area is 119 Å². The van der Waals surface area contributed by atoms with Crippen LogP contribution in [0.1, 0.15) is 13.8 Å². The highest BCUT2D eigenvalue weighted by Crippen LogP contribution is 2.57. The summed E-state index contributed by atoms with van der Waals surface area (Å²) < 4.78 is 73.0. The predicted octanol–water partition coefficient (Wildman–Crippen LogP) is 0.394. The number of hydrogen-bond donors (Lipinski definition) is 0. The predicted molar refractivity (Wildman–Crippen MR) is 73.0 cm³/mol. The molecular formula is C9H19O8PS2. The van der Waals surface area contributed by atoms with Crippen LogP contribution in [-0.2, 0) is 37.8 Å². The third-order valence-corrected chi connectivity index (χ3v) is 7.82. The molecule has 0 spiro atoms. The molecule has 20 heavy (non-hydrogen) atoms. The molecule has 1 fully saturated rings. The van der Waals surface area contributed by atoms with Gasteiger partial charge in [0.15, 0.2) is 19.7 Å². The van der Waals surface area contributed by atoms with Gasteiger partial charge in [0, 0.05) is 18.6 Å². The molecule has 0 N–H and O–H groups in total. The van der Waals surface area contributed by atoms with Crippen molar-refractivity contribution in [3.63, 3.8) is 0 Å². The Morgan fingerprint density at radius 1 is 0.950 bits per heavy atom. The summed E-state index contributed by atoms with van der Waals surface area (Å²) in [6.07, 6.45) is -2.24. The first-order chi connectivity index (χ1) is 9.06. The molecule has 1 heterocycles. The lowest BCUT2D eigenvalue weighted by atomic mass is 10.3. The van der Waals surface area contributed by atoms with Crippen LogP contribution in [0.5, 0.6) is 0 Å². The lowest BCUT2D eigenvalue weighted by molar-refractivity contribution is 0.191. The second-order valence-corrected chi connectivity index (χ2v) is 10.8. The van der Waals surface area contributed by atoms with Gasteiger partial charge in [0.05, 0.1) is 11.5 Å². The maximum Gasteiger partial charge on any atom is 0.475 e. The molecule has 0 radical (unpaired) electrons. The van der Waals surface area contributed by atoms with Crippen LogP contribution >= 0.6 is 7.82 Å². The van der Waals surface area contributed by atoms with Gasteiger partial charge in [-0.15, -0.1) is 0 Å². The van der Waals surface area contributed by atoms with Gasteiger partial charge in [-0.25, -0.2) is 21.4 Å². The molecule has 0 aromatic rings. The topological polar surface area (TPSA) is 113 Å². The Morgan fingerprint density at radius 3 is 1.55 bits per heavy atom. The van der Waals surface area contributed by atoms with Crippen LogP contribution in [0, 0.1) is 0 Å². The molecule has 0 aromatic carbocycles. The van der Waals surface area contributed by atoms with Crippen molar-refractivity contribution in [3.05, 3.63) is 0 Å². The van der Waals surface area contributed by atoms with Gasteiger partial charge < -0.3 is 0 Å². The Morgan fingerprint density at radius 2 is 1.30 bits per heavy atom. The Kier molecular flexibility index (Phi) is 5.79. The quantitative estimate of drug-likeness (QED) is 0.606. The van der Waals surface area contributed by atoms with Crippen molar-refractivity contribution in [1.29, 1.82) is 0 Å². The molecule has 0 aromatic heterocycles. The summed E-state index contributed by atoms with van der Waals surface area (Å²) >= 11 is 0. The molecule has 8 nitrogen and oxygen atoms in total. The molecule has 120 valence electrons. The molecule has 0 bridgehead atoms. The van der Waals surface area contributed by atoms with Gasteiger partial charge in [-0.3, -0.25) is 13.6 Å². The largest absolute Gasteiger partial charge is 0.475 e. The van der Waals surface area contributed by atoms with Crippen molar-refractivity contribution in [2.45, 2.75) is 26.1 Å². The van der Waals surface area contributed by atoms with Gasteiger partial charge in [0.25, 0.3) is 0 Å². The van der Waals surface area contributed by atoms with E-state index in [1.165, 1.54) is 13.8 Å². The van der Waals surface area contributed by atoms with Crippen molar-refractivity contribution in [3.8, 4) is 0 Å². The zero-order valence-electron chi connectivity index (χ0n) is 11.5. The zero-order valence-corrected chi connectivity index (χ0v) is 14.0. The summed E-state index contributed by atoms with van der Waals surface area (Å²) in [5.74, 6) is -1.17. The fraction of sp³-hybridized carbons (Fsp3) is 1.00. The van der Waals surface area contributed by atoms with Gasteiger partial charge in [-0.2, -0.15) is 0 Å². The monoisotopic (exact) mass is 350 g/mol. The van der Waals surface area contributed by atoms with E-state index in [-0.39, 0.29) is 11.5 Å². The standard InChI is InChI=1S/C9H19O8PS2/c1-4-19(11,12)6-8-9(7-20(13,14)5-2)17-18(10,15-3)16-8/h8-9H,4-7H2,1-3H3. The van der Waals surface area contributed by atoms with Crippen LogP contribution in [0.2, 0.25) is 0 Å². The van der Waals surface area contributed by atoms with E-state index >= 15 is 0 Å². The van der Waals surface area contributed by atoms with Gasteiger partial charge >= 0.3 is 7.82 Å². The molecular weight excluding hydrogens is 331 g/mol. The van der Waals surface area contributed by atoms with E-state index < -0.39 is 51.2 Å². The fourth-order valence-corrected chi connectivity index (χ4v) is 5.14. The molecule has 1 aliphatic heterocycles. The SMILES string of the molecule is CCS(=O)(=O)CC1OP(=O)(OC)OC1CS(=O)(=O)CC. The second kappa shape index (κ2) is 6.41. The number of hydrogen-bond acceptors (Lipinski definition) is 8. The molecule has 0 saturated carbocycles. The number of phosphoric ester groups is 1. The Bertz CT molecular complexity index is 533. The van der Waals surface area contributed by atoms with Gasteiger partial charge in [0.2, 0.25) is 0 Å². The first-order valence-electron chi connectivity index (χ1n) is 6.00. The van der Waals surface area contributed by atoms with Crippen LogP contribution in [-0.4, -0.2) is 59.2 Å². The van der Waals surface area contributed by atoms with E-state index in [0.717, 1.165) is 7.11 Å². The van der Waals surface area contributed by atoms with Crippen molar-refractivity contribution >= 4 is 27.5 Å². The second-order valence-electron chi connectivity index (χ2n) is 4.32. The van der Waals surface area contributed by atoms with E-state index in [1.54, 1.807) is 0 Å². The van der Waals surface area contributed by atoms with Crippen LogP contribution in [0.15, 0.2) is 0 Å². The summed E-state index contributed by atoms with van der Waals surface area (Å²) in [6.45, 7) is 2.91. The van der Waals surface area contributed by atoms with Crippen molar-refractivity contribution in [2.24, 2.45) is 0 Å². The lowest BCUT2D eigenvalue weighted by Gasteiger charge is -2.14.